The molecule has 4 heteroatoms. The van der Waals surface area contributed by atoms with Crippen molar-refractivity contribution in [3.05, 3.63) is 42.1 Å². The van der Waals surface area contributed by atoms with E-state index in [1.807, 2.05) is 35.2 Å². The van der Waals surface area contributed by atoms with Gasteiger partial charge in [0.15, 0.2) is 0 Å². The van der Waals surface area contributed by atoms with Crippen LogP contribution in [0.2, 0.25) is 0 Å². The van der Waals surface area contributed by atoms with Crippen LogP contribution in [0.4, 0.5) is 0 Å². The summed E-state index contributed by atoms with van der Waals surface area (Å²) in [4.78, 5) is 18.7. The molecule has 98 valence electrons. The normalized spacial score (nSPS) is 19.0. The summed E-state index contributed by atoms with van der Waals surface area (Å²) in [7, 11) is 0. The molecule has 1 fully saturated rings. The van der Waals surface area contributed by atoms with Crippen molar-refractivity contribution in [1.29, 1.82) is 0 Å². The number of benzene rings is 1. The summed E-state index contributed by atoms with van der Waals surface area (Å²) in [5, 5.41) is 10.1. The van der Waals surface area contributed by atoms with Gasteiger partial charge < -0.3 is 10.0 Å². The third-order valence-electron chi connectivity index (χ3n) is 3.69. The maximum atomic E-state index is 12.5. The van der Waals surface area contributed by atoms with Gasteiger partial charge in [0.2, 0.25) is 0 Å². The summed E-state index contributed by atoms with van der Waals surface area (Å²) in [6.45, 7) is 1.50. The molecule has 2 aromatic rings. The standard InChI is InChI=1S/C15H16N2O2/c18-10-11-6-8-17(9-11)15(19)13-5-1-3-12-4-2-7-16-14(12)13/h1-5,7,11,18H,6,8-10H2. The lowest BCUT2D eigenvalue weighted by molar-refractivity contribution is 0.0783. The molecular weight excluding hydrogens is 240 g/mol. The molecule has 0 spiro atoms. The fourth-order valence-corrected chi connectivity index (χ4v) is 2.61. The zero-order chi connectivity index (χ0) is 13.2. The van der Waals surface area contributed by atoms with Gasteiger partial charge in [-0.3, -0.25) is 9.78 Å². The Hall–Kier alpha value is -1.94. The van der Waals surface area contributed by atoms with Gasteiger partial charge in [-0.1, -0.05) is 18.2 Å². The maximum absolute atomic E-state index is 12.5. The Morgan fingerprint density at radius 2 is 2.21 bits per heavy atom. The van der Waals surface area contributed by atoms with Crippen LogP contribution in [0.1, 0.15) is 16.8 Å². The Kier molecular flexibility index (Phi) is 3.17. The van der Waals surface area contributed by atoms with Crippen LogP contribution >= 0.6 is 0 Å². The minimum absolute atomic E-state index is 0.0141. The molecule has 1 aromatic heterocycles. The van der Waals surface area contributed by atoms with Crippen molar-refractivity contribution in [2.45, 2.75) is 6.42 Å². The highest BCUT2D eigenvalue weighted by Gasteiger charge is 2.27. The van der Waals surface area contributed by atoms with Gasteiger partial charge in [-0.25, -0.2) is 0 Å². The van der Waals surface area contributed by atoms with Crippen molar-refractivity contribution in [2.24, 2.45) is 5.92 Å². The van der Waals surface area contributed by atoms with Crippen molar-refractivity contribution < 1.29 is 9.90 Å². The van der Waals surface area contributed by atoms with Crippen molar-refractivity contribution in [1.82, 2.24) is 9.88 Å². The third-order valence-corrected chi connectivity index (χ3v) is 3.69. The molecule has 2 heterocycles. The van der Waals surface area contributed by atoms with E-state index in [2.05, 4.69) is 4.98 Å². The molecule has 19 heavy (non-hydrogen) atoms. The minimum Gasteiger partial charge on any atom is -0.396 e. The predicted molar refractivity (Wildman–Crippen MR) is 72.8 cm³/mol. The summed E-state index contributed by atoms with van der Waals surface area (Å²) in [5.41, 5.74) is 1.40. The third kappa shape index (κ3) is 2.19. The van der Waals surface area contributed by atoms with Crippen molar-refractivity contribution >= 4 is 16.8 Å². The van der Waals surface area contributed by atoms with Crippen LogP contribution in [-0.4, -0.2) is 40.6 Å². The van der Waals surface area contributed by atoms with E-state index in [1.54, 1.807) is 6.20 Å². The molecule has 1 amide bonds. The molecule has 0 aliphatic carbocycles. The molecular formula is C15H16N2O2. The van der Waals surface area contributed by atoms with E-state index in [4.69, 9.17) is 5.11 Å². The van der Waals surface area contributed by atoms with Crippen molar-refractivity contribution in [2.75, 3.05) is 19.7 Å². The van der Waals surface area contributed by atoms with E-state index in [1.165, 1.54) is 0 Å². The Labute approximate surface area is 111 Å². The summed E-state index contributed by atoms with van der Waals surface area (Å²) >= 11 is 0. The lowest BCUT2D eigenvalue weighted by Crippen LogP contribution is -2.29. The number of nitrogens with zero attached hydrogens (tertiary/aromatic N) is 2. The van der Waals surface area contributed by atoms with E-state index in [0.717, 1.165) is 17.3 Å². The number of hydrogen-bond donors (Lipinski definition) is 1. The number of amides is 1. The molecule has 1 aliphatic heterocycles. The highest BCUT2D eigenvalue weighted by Crippen LogP contribution is 2.22. The number of fused-ring (bicyclic) bond motifs is 1. The van der Waals surface area contributed by atoms with Crippen LogP contribution in [0.3, 0.4) is 0 Å². The van der Waals surface area contributed by atoms with Gasteiger partial charge in [0.1, 0.15) is 0 Å². The van der Waals surface area contributed by atoms with E-state index >= 15 is 0 Å². The number of aromatic nitrogens is 1. The van der Waals surface area contributed by atoms with Gasteiger partial charge >= 0.3 is 0 Å². The SMILES string of the molecule is O=C(c1cccc2cccnc12)N1CCC(CO)C1. The zero-order valence-corrected chi connectivity index (χ0v) is 10.6. The van der Waals surface area contributed by atoms with E-state index in [9.17, 15) is 4.79 Å². The molecule has 0 bridgehead atoms. The molecule has 1 unspecified atom stereocenters. The topological polar surface area (TPSA) is 53.4 Å². The first-order valence-corrected chi connectivity index (χ1v) is 6.53. The summed E-state index contributed by atoms with van der Waals surface area (Å²) in [5.74, 6) is 0.229. The second kappa shape index (κ2) is 4.97. The molecule has 0 radical (unpaired) electrons. The molecule has 1 N–H and O–H groups in total. The summed E-state index contributed by atoms with van der Waals surface area (Å²) in [6.07, 6.45) is 2.58. The average Bonchev–Trinajstić information content (AvgIpc) is 2.95. The van der Waals surface area contributed by atoms with Crippen LogP contribution in [0.25, 0.3) is 10.9 Å². The smallest absolute Gasteiger partial charge is 0.256 e. The minimum atomic E-state index is 0.0141. The number of likely N-dealkylation sites (tertiary alicyclic amines) is 1. The first-order chi connectivity index (χ1) is 9.29. The Morgan fingerprint density at radius 3 is 3.00 bits per heavy atom. The molecule has 4 nitrogen and oxygen atoms in total. The number of aliphatic hydroxyl groups excluding tert-OH is 1. The lowest BCUT2D eigenvalue weighted by atomic mass is 10.1. The van der Waals surface area contributed by atoms with Gasteiger partial charge in [-0.2, -0.15) is 0 Å². The number of carbonyl (C=O) groups is 1. The summed E-state index contributed by atoms with van der Waals surface area (Å²) < 4.78 is 0. The van der Waals surface area contributed by atoms with Gasteiger partial charge in [0.05, 0.1) is 11.1 Å². The number of aliphatic hydroxyl groups is 1. The molecule has 3 rings (SSSR count). The van der Waals surface area contributed by atoms with Gasteiger partial charge in [-0.15, -0.1) is 0 Å². The van der Waals surface area contributed by atoms with E-state index in [0.29, 0.717) is 18.7 Å². The fourth-order valence-electron chi connectivity index (χ4n) is 2.61. The monoisotopic (exact) mass is 256 g/mol. The first kappa shape index (κ1) is 12.1. The lowest BCUT2D eigenvalue weighted by Gasteiger charge is -2.17. The van der Waals surface area contributed by atoms with Gasteiger partial charge in [0, 0.05) is 37.2 Å². The average molecular weight is 256 g/mol. The van der Waals surface area contributed by atoms with Crippen LogP contribution in [0, 0.1) is 5.92 Å². The number of carbonyl (C=O) groups excluding carboxylic acids is 1. The number of para-hydroxylation sites is 1. The number of rotatable bonds is 2. The highest BCUT2D eigenvalue weighted by molar-refractivity contribution is 6.05. The van der Waals surface area contributed by atoms with Crippen LogP contribution < -0.4 is 0 Å². The molecule has 1 saturated heterocycles. The van der Waals surface area contributed by atoms with Gasteiger partial charge in [-0.05, 0) is 18.6 Å². The van der Waals surface area contributed by atoms with Crippen LogP contribution in [-0.2, 0) is 0 Å². The first-order valence-electron chi connectivity index (χ1n) is 6.53. The Bertz CT molecular complexity index is 607. The highest BCUT2D eigenvalue weighted by atomic mass is 16.3. The Morgan fingerprint density at radius 1 is 1.37 bits per heavy atom. The second-order valence-electron chi connectivity index (χ2n) is 4.97. The largest absolute Gasteiger partial charge is 0.396 e. The van der Waals surface area contributed by atoms with E-state index in [-0.39, 0.29) is 18.4 Å². The molecule has 1 aliphatic rings. The number of pyridine rings is 1. The maximum Gasteiger partial charge on any atom is 0.256 e. The van der Waals surface area contributed by atoms with Crippen LogP contribution in [0.15, 0.2) is 36.5 Å². The zero-order valence-electron chi connectivity index (χ0n) is 10.6. The molecule has 1 aromatic carbocycles. The molecule has 0 saturated carbocycles. The van der Waals surface area contributed by atoms with Crippen molar-refractivity contribution in [3.8, 4) is 0 Å². The van der Waals surface area contributed by atoms with Crippen LogP contribution in [0.5, 0.6) is 0 Å². The van der Waals surface area contributed by atoms with Crippen molar-refractivity contribution in [3.63, 3.8) is 0 Å². The fraction of sp³-hybridized carbons (Fsp3) is 0.333. The van der Waals surface area contributed by atoms with Gasteiger partial charge in [0.25, 0.3) is 5.91 Å². The number of hydrogen-bond acceptors (Lipinski definition) is 3. The van der Waals surface area contributed by atoms with E-state index < -0.39 is 0 Å². The second-order valence-corrected chi connectivity index (χ2v) is 4.97. The Balaban J connectivity index is 1.94. The predicted octanol–water partition coefficient (Wildman–Crippen LogP) is 1.69. The molecule has 1 atom stereocenters. The summed E-state index contributed by atoms with van der Waals surface area (Å²) in [6, 6.07) is 9.49. The quantitative estimate of drug-likeness (QED) is 0.889.